The fourth-order valence-electron chi connectivity index (χ4n) is 14.8. The fraction of sp³-hybridized carbons (Fsp3) is 0.619. The van der Waals surface area contributed by atoms with E-state index in [4.69, 9.17) is 75.2 Å². The molecule has 7 aliphatic heterocycles. The van der Waals surface area contributed by atoms with E-state index >= 15 is 0 Å². The topological polar surface area (TPSA) is 574 Å². The van der Waals surface area contributed by atoms with Crippen molar-refractivity contribution in [3.05, 3.63) is 137 Å². The van der Waals surface area contributed by atoms with Gasteiger partial charge in [-0.1, -0.05) is 112 Å². The Balaban J connectivity index is 0.000000583. The average molecular weight is 2320 g/mol. The number of aliphatic imine (C=N–C) groups is 1. The molecule has 7 heterocycles. The third-order valence-corrected chi connectivity index (χ3v) is 25.8. The summed E-state index contributed by atoms with van der Waals surface area (Å²) in [5.41, 5.74) is 5.01. The summed E-state index contributed by atoms with van der Waals surface area (Å²) in [5.74, 6) is -4.28. The number of carboxylic acids is 1. The molecule has 1 unspecified atom stereocenters. The Bertz CT molecular complexity index is 4990. The summed E-state index contributed by atoms with van der Waals surface area (Å²) in [7, 11) is -0.952. The summed E-state index contributed by atoms with van der Waals surface area (Å²) in [5, 5.41) is 53.8. The van der Waals surface area contributed by atoms with Crippen molar-refractivity contribution in [2.24, 2.45) is 16.5 Å². The van der Waals surface area contributed by atoms with Gasteiger partial charge in [0.15, 0.2) is 5.54 Å². The Labute approximate surface area is 906 Å². The number of carboxylic acid groups (broad SMARTS) is 1. The molecule has 0 bridgehead atoms. The van der Waals surface area contributed by atoms with Crippen molar-refractivity contribution in [2.75, 3.05) is 39.4 Å². The van der Waals surface area contributed by atoms with E-state index in [-0.39, 0.29) is 128 Å². The number of hydrogen-bond acceptors (Lipinski definition) is 30. The monoisotopic (exact) mass is 2310 g/mol. The number of aliphatic hydroxyl groups is 4. The molecule has 8 amide bonds. The van der Waals surface area contributed by atoms with E-state index < -0.39 is 172 Å². The molecule has 0 spiro atoms. The number of nitrogens with one attached hydrogen (secondary N) is 2. The molecule has 39 nitrogen and oxygen atoms in total. The first-order chi connectivity index (χ1) is 64.4. The minimum atomic E-state index is -1.48. The van der Waals surface area contributed by atoms with Crippen LogP contribution >= 0.6 is 75.3 Å². The second kappa shape index (κ2) is 53.8. The van der Waals surface area contributed by atoms with E-state index in [1.165, 1.54) is 21.6 Å². The van der Waals surface area contributed by atoms with Crippen molar-refractivity contribution in [1.82, 2.24) is 36.4 Å². The van der Waals surface area contributed by atoms with E-state index in [0.29, 0.717) is 36.3 Å². The number of carbonyl (C=O) groups excluding carboxylic acids is 11. The van der Waals surface area contributed by atoms with Crippen LogP contribution in [0.2, 0.25) is 0 Å². The van der Waals surface area contributed by atoms with Crippen LogP contribution in [0.3, 0.4) is 0 Å². The molecule has 800 valence electrons. The maximum atomic E-state index is 13.1. The van der Waals surface area contributed by atoms with Gasteiger partial charge in [-0.2, -0.15) is 0 Å². The van der Waals surface area contributed by atoms with Crippen LogP contribution in [0.5, 0.6) is 0 Å². The minimum Gasteiger partial charge on any atom is -0.870 e. The predicted molar refractivity (Wildman–Crippen MR) is 550 cm³/mol. The Morgan fingerprint density at radius 3 is 1.07 bits per heavy atom. The molecule has 11 rings (SSSR count). The number of nitrogens with two attached hydrogens (primary N) is 2. The summed E-state index contributed by atoms with van der Waals surface area (Å²) in [6, 6.07) is 25.3. The van der Waals surface area contributed by atoms with Crippen molar-refractivity contribution >= 4 is 166 Å². The Hall–Kier alpha value is -7.51. The minimum absolute atomic E-state index is 0. The molecule has 15 N–H and O–H groups in total. The number of halogens is 5. The molecule has 0 saturated carbocycles. The van der Waals surface area contributed by atoms with Crippen molar-refractivity contribution < 1.29 is 170 Å². The quantitative estimate of drug-likeness (QED) is 0.0203. The van der Waals surface area contributed by atoms with E-state index in [0.717, 1.165) is 33.9 Å². The van der Waals surface area contributed by atoms with Crippen LogP contribution in [0, 0.1) is 0 Å². The Morgan fingerprint density at radius 1 is 0.479 bits per heavy atom. The second-order valence-electron chi connectivity index (χ2n) is 41.8. The summed E-state index contributed by atoms with van der Waals surface area (Å²) in [6.45, 7) is 51.1. The average Bonchev–Trinajstić information content (AvgIpc) is 1.60. The number of aliphatic hydroxyl groups excluding tert-OH is 4. The number of ether oxygens (including phenoxy) is 7. The van der Waals surface area contributed by atoms with Gasteiger partial charge < -0.3 is 111 Å². The zero-order valence-corrected chi connectivity index (χ0v) is 97.0. The zero-order valence-electron chi connectivity index (χ0n) is 87.9. The number of β-amino-alcohol motifs (C(OH)–C–C–N with tert-alkyl or cyclic N) is 4. The molecule has 12 atom stereocenters. The van der Waals surface area contributed by atoms with Gasteiger partial charge >= 0.3 is 91.3 Å². The normalized spacial score (nSPS) is 22.7. The number of rotatable bonds is 17. The molecule has 47 heteroatoms. The maximum absolute atomic E-state index is 13.1. The van der Waals surface area contributed by atoms with Crippen LogP contribution in [0.4, 0.5) is 24.0 Å². The number of benzene rings is 4. The number of hydrogen-bond donors (Lipinski definition) is 10. The van der Waals surface area contributed by atoms with E-state index in [1.807, 2.05) is 98.7 Å². The standard InChI is InChI=1S/C21H29BrN2O6.C20H25BrN2O4.C19H26BrN3O5.C12H24B2O4.C11H14BrNO2.C10H17NO5.C4H7ClO2.H3N.Na.H2O/c1-6-29-18(27)21(5,13-7-9-14(22)10-8-13)23-17(26)16-11-15(25)12-24(16)19(28)30-20(2,3)4;1-19(2,3)27-18(26)23-11-14(24)9-16(23)15-10-20(4,17(25)22-15)12-5-7-13(21)8-6-12;1-18(2,3)28-17(27)23-10-13(24)9-14(23)15(25)22-19(4,16(21)26)11-5-7-12(20)8-6-11;1-9(2)10(3,4)16-13(15-9)14-17-11(5,6)12(7,8)18-14;1-3-15-10(14)11(2,13)8-4-6-9(12)7-5-8;1-10(2,3)16-9(15)11-5-6(12)4-7(11)8(13)14;1-3(2)7-4(5)6;;;/h7-10,15-16,25H,6,11-12H2,1-5H3,(H,23,26);5-8,14,16,24H,9-11H2,1-4H3;5-8,13-14,24H,9-10H2,1-4H3,(H2,21,26)(H,22,25);1-8H3;4-7H,3,13H2,1-2H3;6-7,12H,4-5H2,1-3H3,(H,13,14);3H,1-2H3;1H3;;1H2/q;;;;;;;;+1;/p-1/t15-,16+,21+;14-,16?,20+;13-,14+,19+;;11-;6-,7+;;;;/m111.01..../s1. The fourth-order valence-corrected chi connectivity index (χ4v) is 16.0. The van der Waals surface area contributed by atoms with Crippen LogP contribution in [0.1, 0.15) is 248 Å². The molecular weight excluding hydrogens is 2170 g/mol. The van der Waals surface area contributed by atoms with Crippen LogP contribution in [-0.2, 0) is 107 Å². The van der Waals surface area contributed by atoms with Crippen LogP contribution in [0.15, 0.2) is 120 Å². The molecule has 7 aliphatic rings. The second-order valence-corrected chi connectivity index (χ2v) is 45.8. The van der Waals surface area contributed by atoms with Gasteiger partial charge in [0.1, 0.15) is 51.6 Å². The van der Waals surface area contributed by atoms with Crippen molar-refractivity contribution in [1.29, 1.82) is 0 Å². The van der Waals surface area contributed by atoms with E-state index in [2.05, 4.69) is 84.1 Å². The number of nitrogens with zero attached hydrogens (tertiary/aromatic N) is 5. The third kappa shape index (κ3) is 37.9. The number of carbonyl (C=O) groups is 12. The van der Waals surface area contributed by atoms with Gasteiger partial charge in [0.05, 0.1) is 104 Å². The summed E-state index contributed by atoms with van der Waals surface area (Å²) in [4.78, 5) is 154. The van der Waals surface area contributed by atoms with Crippen LogP contribution in [-0.4, -0.2) is 281 Å². The van der Waals surface area contributed by atoms with Crippen molar-refractivity contribution in [2.45, 2.75) is 347 Å². The van der Waals surface area contributed by atoms with Crippen LogP contribution < -0.4 is 57.8 Å². The van der Waals surface area contributed by atoms with Crippen molar-refractivity contribution in [3.63, 3.8) is 0 Å². The Morgan fingerprint density at radius 2 is 0.764 bits per heavy atom. The smallest absolute Gasteiger partial charge is 0.870 e. The molecule has 0 radical (unpaired) electrons. The third-order valence-electron chi connectivity index (χ3n) is 23.6. The van der Waals surface area contributed by atoms with E-state index in [9.17, 15) is 78.0 Å². The first-order valence-electron chi connectivity index (χ1n) is 46.1. The molecular formula is C97H146B2Br4ClN10NaO29. The summed E-state index contributed by atoms with van der Waals surface area (Å²) in [6.07, 6.45) is -4.95. The van der Waals surface area contributed by atoms with Gasteiger partial charge in [-0.15, -0.1) is 0 Å². The zero-order chi connectivity index (χ0) is 108. The van der Waals surface area contributed by atoms with Gasteiger partial charge in [-0.3, -0.25) is 38.8 Å². The van der Waals surface area contributed by atoms with Gasteiger partial charge in [0.2, 0.25) is 17.7 Å². The molecule has 4 aromatic rings. The van der Waals surface area contributed by atoms with Gasteiger partial charge in [0.25, 0.3) is 5.91 Å². The largest absolute Gasteiger partial charge is 1.00 e. The summed E-state index contributed by atoms with van der Waals surface area (Å²) >= 11 is 18.2. The van der Waals surface area contributed by atoms with Gasteiger partial charge in [-0.25, -0.2) is 43.3 Å². The summed E-state index contributed by atoms with van der Waals surface area (Å²) < 4.78 is 63.1. The Kier molecular flexibility index (Phi) is 49.5. The number of aliphatic carboxylic acids is 1. The van der Waals surface area contributed by atoms with E-state index in [1.54, 1.807) is 185 Å². The number of esters is 2. The molecule has 6 saturated heterocycles. The predicted octanol–water partition coefficient (Wildman–Crippen LogP) is 11.4. The molecule has 4 aromatic carbocycles. The number of primary amides is 1. The first kappa shape index (κ1) is 133. The van der Waals surface area contributed by atoms with Gasteiger partial charge in [0, 0.05) is 67.3 Å². The van der Waals surface area contributed by atoms with Crippen molar-refractivity contribution in [3.8, 4) is 0 Å². The molecule has 0 aliphatic carbocycles. The van der Waals surface area contributed by atoms with Crippen LogP contribution in [0.25, 0.3) is 0 Å². The molecule has 144 heavy (non-hydrogen) atoms. The van der Waals surface area contributed by atoms with Gasteiger partial charge in [-0.05, 0) is 265 Å². The molecule has 0 aromatic heterocycles. The first-order valence-corrected chi connectivity index (χ1v) is 49.7. The maximum Gasteiger partial charge on any atom is 1.00 e. The number of likely N-dealkylation sites (tertiary alicyclic amines) is 4. The number of amides is 8. The SMILES string of the molecule is CC(C)(C)OC(=O)N1C[C@H](O)CC1C1=NC(=O)[C@](C)(c2ccc(Br)cc2)C1.CC(C)(C)OC(=O)N1C[C@H](O)C[C@H]1C(=O)N[C@](C)(C(N)=O)c1ccc(Br)cc1.CC(C)(C)OC(=O)N1C[C@H](O)C[C@H]1C(=O)O.CC(C)OC(=O)Cl.CC1(C)OB(B2OC(C)(C)C(C)(C)O2)OC1(C)C.CCOC(=O)[C@@](C)(N)c1ccc(Br)cc1.CCOC(=O)[C@@](C)(NC(=O)[C@@H]1C[C@@H](O)CN1C(=O)OC(C)(C)C)c1ccc(Br)cc1.N.[Na+].[OH-]. The molecule has 6 fully saturated rings.